The van der Waals surface area contributed by atoms with Crippen LogP contribution in [0.2, 0.25) is 0 Å². The molecule has 72 valence electrons. The fourth-order valence-corrected chi connectivity index (χ4v) is 4.28. The van der Waals surface area contributed by atoms with Crippen molar-refractivity contribution >= 4 is 11.6 Å². The van der Waals surface area contributed by atoms with Gasteiger partial charge in [0.25, 0.3) is 0 Å². The van der Waals surface area contributed by atoms with Gasteiger partial charge < -0.3 is 0 Å². The topological polar surface area (TPSA) is 0 Å². The van der Waals surface area contributed by atoms with E-state index in [-0.39, 0.29) is 4.87 Å². The summed E-state index contributed by atoms with van der Waals surface area (Å²) in [4.78, 5) is 0.127. The van der Waals surface area contributed by atoms with Crippen molar-refractivity contribution in [2.45, 2.75) is 44.4 Å². The van der Waals surface area contributed by atoms with E-state index in [9.17, 15) is 0 Å². The average Bonchev–Trinajstić information content (AvgIpc) is 2.11. The fourth-order valence-electron chi connectivity index (χ4n) is 3.70. The van der Waals surface area contributed by atoms with Gasteiger partial charge in [-0.15, -0.1) is 11.6 Å². The molecule has 4 atom stereocenters. The quantitative estimate of drug-likeness (QED) is 0.443. The predicted octanol–water partition coefficient (Wildman–Crippen LogP) is 3.75. The zero-order valence-corrected chi connectivity index (χ0v) is 9.19. The number of alkyl halides is 1. The summed E-state index contributed by atoms with van der Waals surface area (Å²) in [6.45, 7) is 4.72. The molecule has 5 rings (SSSR count). The molecule has 1 heteroatoms. The van der Waals surface area contributed by atoms with Crippen LogP contribution in [0.4, 0.5) is 0 Å². The zero-order chi connectivity index (χ0) is 9.27. The average molecular weight is 197 g/mol. The molecule has 0 heterocycles. The first kappa shape index (κ1) is 8.35. The Hall–Kier alpha value is 0.0300. The van der Waals surface area contributed by atoms with Crippen LogP contribution >= 0.6 is 11.6 Å². The fraction of sp³-hybridized carbons (Fsp3) is 0.833. The van der Waals surface area contributed by atoms with Gasteiger partial charge in [0.15, 0.2) is 0 Å². The van der Waals surface area contributed by atoms with Crippen LogP contribution in [0.3, 0.4) is 0 Å². The standard InChI is InChI=1S/C12H17Cl/c1-3-11(2)7-10-8-4-9(11)6-12(10,13)5-8/h7-9H,3-6H2,1-2H3. The molecule has 3 saturated carbocycles. The Labute approximate surface area is 85.3 Å². The molecular formula is C12H17Cl. The minimum atomic E-state index is 0.127. The van der Waals surface area contributed by atoms with E-state index in [1.807, 2.05) is 0 Å². The summed E-state index contributed by atoms with van der Waals surface area (Å²) in [7, 11) is 0. The summed E-state index contributed by atoms with van der Waals surface area (Å²) >= 11 is 6.55. The van der Waals surface area contributed by atoms with Crippen molar-refractivity contribution in [1.82, 2.24) is 0 Å². The van der Waals surface area contributed by atoms with Crippen LogP contribution in [-0.2, 0) is 0 Å². The molecule has 13 heavy (non-hydrogen) atoms. The third kappa shape index (κ3) is 0.837. The second kappa shape index (κ2) is 2.16. The number of fused-ring (bicyclic) bond motifs is 1. The van der Waals surface area contributed by atoms with E-state index in [2.05, 4.69) is 19.9 Å². The lowest BCUT2D eigenvalue weighted by molar-refractivity contribution is 0.0579. The first-order valence-electron chi connectivity index (χ1n) is 5.49. The van der Waals surface area contributed by atoms with E-state index in [0.29, 0.717) is 5.41 Å². The molecule has 0 spiro atoms. The van der Waals surface area contributed by atoms with E-state index < -0.39 is 0 Å². The van der Waals surface area contributed by atoms with Gasteiger partial charge in [-0.2, -0.15) is 0 Å². The van der Waals surface area contributed by atoms with Gasteiger partial charge in [-0.3, -0.25) is 0 Å². The molecule has 3 fully saturated rings. The molecule has 0 saturated heterocycles. The molecule has 4 bridgehead atoms. The van der Waals surface area contributed by atoms with Gasteiger partial charge in [0.2, 0.25) is 0 Å². The van der Waals surface area contributed by atoms with Crippen molar-refractivity contribution < 1.29 is 0 Å². The van der Waals surface area contributed by atoms with E-state index >= 15 is 0 Å². The lowest BCUT2D eigenvalue weighted by Gasteiger charge is -2.62. The highest BCUT2D eigenvalue weighted by Crippen LogP contribution is 2.67. The first-order chi connectivity index (χ1) is 6.07. The Balaban J connectivity index is 2.06. The van der Waals surface area contributed by atoms with Gasteiger partial charge in [0, 0.05) is 0 Å². The molecule has 5 aliphatic carbocycles. The molecular weight excluding hydrogens is 180 g/mol. The van der Waals surface area contributed by atoms with Crippen molar-refractivity contribution in [3.05, 3.63) is 11.6 Å². The summed E-state index contributed by atoms with van der Waals surface area (Å²) < 4.78 is 0. The minimum Gasteiger partial charge on any atom is -0.114 e. The van der Waals surface area contributed by atoms with Gasteiger partial charge in [-0.1, -0.05) is 19.9 Å². The number of hydrogen-bond acceptors (Lipinski definition) is 0. The molecule has 0 aromatic rings. The van der Waals surface area contributed by atoms with Crippen molar-refractivity contribution in [2.24, 2.45) is 17.3 Å². The van der Waals surface area contributed by atoms with Gasteiger partial charge in [0.1, 0.15) is 0 Å². The number of halogens is 1. The number of hydrogen-bond donors (Lipinski definition) is 0. The maximum absolute atomic E-state index is 6.55. The number of allylic oxidation sites excluding steroid dienone is 2. The maximum Gasteiger partial charge on any atom is 0.0666 e. The lowest BCUT2D eigenvalue weighted by Crippen LogP contribution is -2.56. The number of rotatable bonds is 1. The van der Waals surface area contributed by atoms with E-state index in [1.165, 1.54) is 25.7 Å². The summed E-state index contributed by atoms with van der Waals surface area (Å²) in [5.74, 6) is 1.74. The van der Waals surface area contributed by atoms with E-state index in [4.69, 9.17) is 11.6 Å². The highest BCUT2D eigenvalue weighted by atomic mass is 35.5. The zero-order valence-electron chi connectivity index (χ0n) is 8.44. The van der Waals surface area contributed by atoms with Crippen LogP contribution in [-0.4, -0.2) is 4.87 Å². The molecule has 0 amide bonds. The second-order valence-electron chi connectivity index (χ2n) is 5.46. The van der Waals surface area contributed by atoms with Crippen molar-refractivity contribution in [3.63, 3.8) is 0 Å². The Morgan fingerprint density at radius 1 is 1.54 bits per heavy atom. The van der Waals surface area contributed by atoms with Gasteiger partial charge in [-0.05, 0) is 48.5 Å². The van der Waals surface area contributed by atoms with Crippen molar-refractivity contribution in [3.8, 4) is 0 Å². The lowest BCUT2D eigenvalue weighted by atomic mass is 9.46. The largest absolute Gasteiger partial charge is 0.114 e. The SMILES string of the molecule is CCC1(C)C=C2C3CC1CC2(Cl)C3. The van der Waals surface area contributed by atoms with Gasteiger partial charge >= 0.3 is 0 Å². The van der Waals surface area contributed by atoms with Crippen LogP contribution in [0.5, 0.6) is 0 Å². The highest BCUT2D eigenvalue weighted by Gasteiger charge is 2.60. The van der Waals surface area contributed by atoms with Crippen LogP contribution in [0.1, 0.15) is 39.5 Å². The van der Waals surface area contributed by atoms with Gasteiger partial charge in [0.05, 0.1) is 4.87 Å². The Morgan fingerprint density at radius 2 is 2.31 bits per heavy atom. The summed E-state index contributed by atoms with van der Waals surface area (Å²) in [6.07, 6.45) is 7.73. The molecule has 0 aromatic heterocycles. The molecule has 4 unspecified atom stereocenters. The van der Waals surface area contributed by atoms with Crippen LogP contribution < -0.4 is 0 Å². The summed E-state index contributed by atoms with van der Waals surface area (Å²) in [6, 6.07) is 0. The van der Waals surface area contributed by atoms with Gasteiger partial charge in [-0.25, -0.2) is 0 Å². The summed E-state index contributed by atoms with van der Waals surface area (Å²) in [5, 5.41) is 0. The van der Waals surface area contributed by atoms with E-state index in [0.717, 1.165) is 11.8 Å². The molecule has 0 aliphatic heterocycles. The Bertz CT molecular complexity index is 293. The Kier molecular flexibility index (Phi) is 1.39. The molecule has 0 nitrogen and oxygen atoms in total. The normalized spacial score (nSPS) is 57.3. The molecule has 0 aromatic carbocycles. The molecule has 5 aliphatic rings. The third-order valence-corrected chi connectivity index (χ3v) is 5.37. The van der Waals surface area contributed by atoms with Crippen LogP contribution in [0, 0.1) is 17.3 Å². The minimum absolute atomic E-state index is 0.127. The van der Waals surface area contributed by atoms with Crippen LogP contribution in [0.25, 0.3) is 0 Å². The molecule has 0 N–H and O–H groups in total. The van der Waals surface area contributed by atoms with E-state index in [1.54, 1.807) is 5.57 Å². The van der Waals surface area contributed by atoms with Crippen molar-refractivity contribution in [2.75, 3.05) is 0 Å². The molecule has 0 radical (unpaired) electrons. The van der Waals surface area contributed by atoms with Crippen LogP contribution in [0.15, 0.2) is 11.6 Å². The summed E-state index contributed by atoms with van der Waals surface area (Å²) in [5.41, 5.74) is 2.07. The monoisotopic (exact) mass is 196 g/mol. The highest BCUT2D eigenvalue weighted by molar-refractivity contribution is 6.27. The smallest absolute Gasteiger partial charge is 0.0666 e. The first-order valence-corrected chi connectivity index (χ1v) is 5.87. The van der Waals surface area contributed by atoms with Crippen molar-refractivity contribution in [1.29, 1.82) is 0 Å². The predicted molar refractivity (Wildman–Crippen MR) is 55.9 cm³/mol. The Morgan fingerprint density at radius 3 is 2.77 bits per heavy atom. The maximum atomic E-state index is 6.55. The third-order valence-electron chi connectivity index (χ3n) is 4.85. The second-order valence-corrected chi connectivity index (χ2v) is 6.19.